The van der Waals surface area contributed by atoms with Crippen LogP contribution < -0.4 is 5.32 Å². The van der Waals surface area contributed by atoms with E-state index in [9.17, 15) is 14.4 Å². The third-order valence-corrected chi connectivity index (χ3v) is 3.95. The molecule has 0 aromatic heterocycles. The highest BCUT2D eigenvalue weighted by Crippen LogP contribution is 2.16. The maximum Gasteiger partial charge on any atom is 0.325 e. The first-order valence-corrected chi connectivity index (χ1v) is 8.12. The van der Waals surface area contributed by atoms with Crippen LogP contribution in [0.25, 0.3) is 0 Å². The quantitative estimate of drug-likeness (QED) is 0.724. The number of aliphatic carboxylic acids is 1. The molecule has 0 unspecified atom stereocenters. The maximum absolute atomic E-state index is 12.5. The van der Waals surface area contributed by atoms with Crippen molar-refractivity contribution >= 4 is 17.7 Å². The molecule has 2 aromatic carbocycles. The number of rotatable bonds is 8. The van der Waals surface area contributed by atoms with Crippen molar-refractivity contribution in [1.82, 2.24) is 5.32 Å². The predicted octanol–water partition coefficient (Wildman–Crippen LogP) is 2.71. The Bertz CT molecular complexity index is 728. The van der Waals surface area contributed by atoms with Gasteiger partial charge in [-0.1, -0.05) is 60.7 Å². The highest BCUT2D eigenvalue weighted by molar-refractivity contribution is 5.99. The summed E-state index contributed by atoms with van der Waals surface area (Å²) in [5.74, 6) is -2.30. The summed E-state index contributed by atoms with van der Waals surface area (Å²) in [6, 6.07) is 17.1. The lowest BCUT2D eigenvalue weighted by molar-refractivity contribution is -0.141. The number of carbonyl (C=O) groups is 3. The van der Waals surface area contributed by atoms with Gasteiger partial charge in [-0.3, -0.25) is 14.4 Å². The van der Waals surface area contributed by atoms with Crippen molar-refractivity contribution < 1.29 is 19.5 Å². The smallest absolute Gasteiger partial charge is 0.325 e. The molecule has 1 amide bonds. The van der Waals surface area contributed by atoms with Crippen LogP contribution in [0, 0.1) is 5.92 Å². The largest absolute Gasteiger partial charge is 0.480 e. The third kappa shape index (κ3) is 5.57. The molecular weight excluding hydrogens is 318 g/mol. The highest BCUT2D eigenvalue weighted by atomic mass is 16.4. The number of Topliss-reactive ketones (excluding diaryl/α,β-unsaturated/α-hetero) is 1. The Morgan fingerprint density at radius 3 is 2.08 bits per heavy atom. The van der Waals surface area contributed by atoms with E-state index in [2.05, 4.69) is 5.32 Å². The van der Waals surface area contributed by atoms with Crippen LogP contribution >= 0.6 is 0 Å². The number of benzene rings is 2. The lowest BCUT2D eigenvalue weighted by Crippen LogP contribution is -2.42. The second-order valence-corrected chi connectivity index (χ2v) is 5.95. The molecule has 25 heavy (non-hydrogen) atoms. The van der Waals surface area contributed by atoms with E-state index in [0.29, 0.717) is 12.0 Å². The molecule has 0 heterocycles. The van der Waals surface area contributed by atoms with Crippen LogP contribution in [0.2, 0.25) is 0 Å². The summed E-state index contributed by atoms with van der Waals surface area (Å²) in [5, 5.41) is 11.4. The van der Waals surface area contributed by atoms with Crippen LogP contribution in [0.15, 0.2) is 60.7 Å². The number of hydrogen-bond acceptors (Lipinski definition) is 3. The van der Waals surface area contributed by atoms with E-state index >= 15 is 0 Å². The molecule has 0 aliphatic rings. The van der Waals surface area contributed by atoms with Gasteiger partial charge in [0.25, 0.3) is 0 Å². The van der Waals surface area contributed by atoms with Gasteiger partial charge in [0.2, 0.25) is 5.91 Å². The van der Waals surface area contributed by atoms with E-state index in [0.717, 1.165) is 5.56 Å². The van der Waals surface area contributed by atoms with Crippen molar-refractivity contribution in [1.29, 1.82) is 0 Å². The fraction of sp³-hybridized carbons (Fsp3) is 0.250. The Morgan fingerprint density at radius 1 is 0.960 bits per heavy atom. The zero-order valence-electron chi connectivity index (χ0n) is 14.0. The molecule has 0 aliphatic heterocycles. The van der Waals surface area contributed by atoms with Gasteiger partial charge in [-0.05, 0) is 18.9 Å². The molecule has 130 valence electrons. The van der Waals surface area contributed by atoms with E-state index in [1.807, 2.05) is 36.4 Å². The van der Waals surface area contributed by atoms with Crippen LogP contribution in [0.4, 0.5) is 0 Å². The zero-order chi connectivity index (χ0) is 18.2. The Kier molecular flexibility index (Phi) is 6.46. The fourth-order valence-electron chi connectivity index (χ4n) is 2.51. The van der Waals surface area contributed by atoms with Gasteiger partial charge >= 0.3 is 5.97 Å². The molecule has 5 nitrogen and oxygen atoms in total. The van der Waals surface area contributed by atoms with Crippen molar-refractivity contribution in [3.8, 4) is 0 Å². The molecule has 0 fully saturated rings. The average Bonchev–Trinajstić information content (AvgIpc) is 2.62. The Hall–Kier alpha value is -2.95. The van der Waals surface area contributed by atoms with Crippen molar-refractivity contribution in [2.24, 2.45) is 5.92 Å². The molecular formula is C20H21NO4. The number of amides is 1. The molecule has 2 N–H and O–H groups in total. The van der Waals surface area contributed by atoms with Crippen molar-refractivity contribution in [2.75, 3.05) is 0 Å². The minimum atomic E-state index is -1.11. The van der Waals surface area contributed by atoms with E-state index < -0.39 is 23.8 Å². The topological polar surface area (TPSA) is 83.5 Å². The Labute approximate surface area is 146 Å². The first-order valence-electron chi connectivity index (χ1n) is 8.12. The minimum absolute atomic E-state index is 0.0249. The standard InChI is InChI=1S/C20H21NO4/c1-14(20(24)25)21-19(23)17(12-15-8-4-2-5-9-15)13-18(22)16-10-6-3-7-11-16/h2-11,14,17H,12-13H2,1H3,(H,21,23)(H,24,25)/t14-,17-/m0/s1. The first-order chi connectivity index (χ1) is 12.0. The summed E-state index contributed by atoms with van der Waals surface area (Å²) < 4.78 is 0. The monoisotopic (exact) mass is 339 g/mol. The van der Waals surface area contributed by atoms with Gasteiger partial charge in [0.15, 0.2) is 5.78 Å². The fourth-order valence-corrected chi connectivity index (χ4v) is 2.51. The molecule has 0 saturated heterocycles. The van der Waals surface area contributed by atoms with Gasteiger partial charge in [0.05, 0.1) is 0 Å². The SMILES string of the molecule is C[C@H](NC(=O)[C@H](CC(=O)c1ccccc1)Cc1ccccc1)C(=O)O. The Balaban J connectivity index is 2.15. The molecule has 0 spiro atoms. The van der Waals surface area contributed by atoms with Gasteiger partial charge < -0.3 is 10.4 Å². The normalized spacial score (nSPS) is 12.8. The molecule has 2 atom stereocenters. The van der Waals surface area contributed by atoms with Gasteiger partial charge in [-0.15, -0.1) is 0 Å². The predicted molar refractivity (Wildman–Crippen MR) is 94.3 cm³/mol. The van der Waals surface area contributed by atoms with E-state index in [1.54, 1.807) is 24.3 Å². The summed E-state index contributed by atoms with van der Waals surface area (Å²) in [5.41, 5.74) is 1.46. The summed E-state index contributed by atoms with van der Waals surface area (Å²) in [6.45, 7) is 1.40. The number of carbonyl (C=O) groups excluding carboxylic acids is 2. The molecule has 5 heteroatoms. The Morgan fingerprint density at radius 2 is 1.52 bits per heavy atom. The van der Waals surface area contributed by atoms with Crippen LogP contribution in [0.3, 0.4) is 0 Å². The van der Waals surface area contributed by atoms with Crippen molar-refractivity contribution in [2.45, 2.75) is 25.8 Å². The highest BCUT2D eigenvalue weighted by Gasteiger charge is 2.25. The van der Waals surface area contributed by atoms with Crippen LogP contribution in [0.1, 0.15) is 29.3 Å². The minimum Gasteiger partial charge on any atom is -0.480 e. The number of ketones is 1. The van der Waals surface area contributed by atoms with Crippen molar-refractivity contribution in [3.63, 3.8) is 0 Å². The number of hydrogen-bond donors (Lipinski definition) is 2. The average molecular weight is 339 g/mol. The van der Waals surface area contributed by atoms with Crippen LogP contribution in [-0.2, 0) is 16.0 Å². The summed E-state index contributed by atoms with van der Waals surface area (Å²) in [7, 11) is 0. The van der Waals surface area contributed by atoms with E-state index in [4.69, 9.17) is 5.11 Å². The van der Waals surface area contributed by atoms with Crippen molar-refractivity contribution in [3.05, 3.63) is 71.8 Å². The molecule has 2 rings (SSSR count). The zero-order valence-corrected chi connectivity index (χ0v) is 14.0. The second-order valence-electron chi connectivity index (χ2n) is 5.95. The third-order valence-electron chi connectivity index (χ3n) is 3.95. The van der Waals surface area contributed by atoms with Crippen LogP contribution in [0.5, 0.6) is 0 Å². The summed E-state index contributed by atoms with van der Waals surface area (Å²) in [6.07, 6.45) is 0.397. The molecule has 0 radical (unpaired) electrons. The summed E-state index contributed by atoms with van der Waals surface area (Å²) >= 11 is 0. The molecule has 2 aromatic rings. The lowest BCUT2D eigenvalue weighted by atomic mass is 9.91. The van der Waals surface area contributed by atoms with E-state index in [-0.39, 0.29) is 12.2 Å². The van der Waals surface area contributed by atoms with Gasteiger partial charge in [0, 0.05) is 17.9 Å². The summed E-state index contributed by atoms with van der Waals surface area (Å²) in [4.78, 5) is 36.0. The van der Waals surface area contributed by atoms with Gasteiger partial charge in [-0.25, -0.2) is 0 Å². The number of carboxylic acids is 1. The van der Waals surface area contributed by atoms with Gasteiger partial charge in [0.1, 0.15) is 6.04 Å². The number of carboxylic acid groups (broad SMARTS) is 1. The molecule has 0 aliphatic carbocycles. The van der Waals surface area contributed by atoms with Crippen LogP contribution in [-0.4, -0.2) is 28.8 Å². The number of nitrogens with one attached hydrogen (secondary N) is 1. The first kappa shape index (κ1) is 18.4. The lowest BCUT2D eigenvalue weighted by Gasteiger charge is -2.18. The maximum atomic E-state index is 12.5. The molecule has 0 saturated carbocycles. The second kappa shape index (κ2) is 8.78. The molecule has 0 bridgehead atoms. The van der Waals surface area contributed by atoms with E-state index in [1.165, 1.54) is 6.92 Å². The van der Waals surface area contributed by atoms with Gasteiger partial charge in [-0.2, -0.15) is 0 Å².